The van der Waals surface area contributed by atoms with Crippen LogP contribution in [0.1, 0.15) is 0 Å². The van der Waals surface area contributed by atoms with Crippen molar-refractivity contribution in [3.8, 4) is 0 Å². The molecule has 0 radical (unpaired) electrons. The molecule has 0 aliphatic rings. The van der Waals surface area contributed by atoms with Crippen LogP contribution in [0.5, 0.6) is 0 Å². The van der Waals surface area contributed by atoms with E-state index in [1.54, 1.807) is 0 Å². The molecular formula is CH6Na3O11PSi. The van der Waals surface area contributed by atoms with Crippen molar-refractivity contribution < 1.29 is 142 Å². The van der Waals surface area contributed by atoms with E-state index in [1.807, 2.05) is 0 Å². The molecular weight excluding hydrogens is 316 g/mol. The minimum atomic E-state index is -5.36. The van der Waals surface area contributed by atoms with E-state index in [1.165, 1.54) is 0 Å². The van der Waals surface area contributed by atoms with Crippen molar-refractivity contribution >= 4 is 23.0 Å². The molecule has 0 rings (SSSR count). The van der Waals surface area contributed by atoms with E-state index < -0.39 is 23.0 Å². The molecule has 0 saturated heterocycles. The summed E-state index contributed by atoms with van der Waals surface area (Å²) in [6.07, 6.45) is -1.83. The van der Waals surface area contributed by atoms with Gasteiger partial charge in [-0.05, 0) is 0 Å². The molecule has 0 aromatic carbocycles. The van der Waals surface area contributed by atoms with Crippen molar-refractivity contribution in [1.82, 2.24) is 0 Å². The average Bonchev–Trinajstić information content (AvgIpc) is 1.45. The number of rotatable bonds is 0. The largest absolute Gasteiger partial charge is 1.00 e. The maximum Gasteiger partial charge on any atom is 1.00 e. The van der Waals surface area contributed by atoms with Gasteiger partial charge in [0, 0.05) is 0 Å². The van der Waals surface area contributed by atoms with Gasteiger partial charge in [-0.2, -0.15) is 0 Å². The van der Waals surface area contributed by atoms with Crippen LogP contribution in [0.4, 0.5) is 4.79 Å². The molecule has 0 aliphatic heterocycles. The molecule has 0 saturated carbocycles. The van der Waals surface area contributed by atoms with Gasteiger partial charge in [-0.25, -0.2) is 9.36 Å². The van der Waals surface area contributed by atoms with E-state index in [9.17, 15) is 0 Å². The van der Waals surface area contributed by atoms with E-state index in [-0.39, 0.29) is 88.7 Å². The third-order valence-electron chi connectivity index (χ3n) is 0. The Morgan fingerprint density at radius 2 is 0.941 bits per heavy atom. The van der Waals surface area contributed by atoms with Crippen molar-refractivity contribution in [3.05, 3.63) is 0 Å². The average molecular weight is 322 g/mol. The van der Waals surface area contributed by atoms with E-state index in [0.717, 1.165) is 0 Å². The van der Waals surface area contributed by atoms with E-state index in [0.29, 0.717) is 0 Å². The molecule has 0 unspecified atom stereocenters. The Morgan fingerprint density at radius 1 is 0.941 bits per heavy atom. The Labute approximate surface area is 163 Å². The second kappa shape index (κ2) is 18.4. The van der Waals surface area contributed by atoms with Crippen LogP contribution in [-0.4, -0.2) is 44.9 Å². The summed E-state index contributed by atoms with van der Waals surface area (Å²) in [5, 5.41) is 13.9. The predicted molar refractivity (Wildman–Crippen MR) is 32.9 cm³/mol. The second-order valence-electron chi connectivity index (χ2n) is 1.32. The van der Waals surface area contributed by atoms with Crippen LogP contribution in [-0.2, 0) is 4.57 Å². The van der Waals surface area contributed by atoms with Crippen LogP contribution in [0.2, 0.25) is 0 Å². The van der Waals surface area contributed by atoms with Crippen molar-refractivity contribution in [2.75, 3.05) is 0 Å². The summed E-state index contributed by atoms with van der Waals surface area (Å²) in [4.78, 5) is 63.2. The maximum absolute atomic E-state index is 8.88. The smallest absolute Gasteiger partial charge is 0.861 e. The molecule has 88 valence electrons. The van der Waals surface area contributed by atoms with Crippen LogP contribution in [0, 0.1) is 0 Å². The number of hydrogen-bond acceptors (Lipinski definition) is 6. The summed E-state index contributed by atoms with van der Waals surface area (Å²) < 4.78 is 8.88. The zero-order valence-corrected chi connectivity index (χ0v) is 17.1. The zero-order chi connectivity index (χ0) is 12.6. The summed E-state index contributed by atoms with van der Waals surface area (Å²) in [7, 11) is -10.0. The Morgan fingerprint density at radius 3 is 0.941 bits per heavy atom. The summed E-state index contributed by atoms with van der Waals surface area (Å²) >= 11 is 0. The monoisotopic (exact) mass is 322 g/mol. The van der Waals surface area contributed by atoms with Gasteiger partial charge in [0.15, 0.2) is 0 Å². The van der Waals surface area contributed by atoms with Crippen molar-refractivity contribution in [2.24, 2.45) is 0 Å². The minimum Gasteiger partial charge on any atom is -0.861 e. The molecule has 16 heteroatoms. The van der Waals surface area contributed by atoms with Gasteiger partial charge in [-0.1, -0.05) is 0 Å². The number of phosphoric acid groups is 1. The summed E-state index contributed by atoms with van der Waals surface area (Å²) in [6, 6.07) is 0. The maximum atomic E-state index is 8.88. The molecule has 11 nitrogen and oxygen atoms in total. The van der Waals surface area contributed by atoms with Gasteiger partial charge in [0.25, 0.3) is 0 Å². The first-order valence-corrected chi connectivity index (χ1v) is 5.51. The molecule has 17 heavy (non-hydrogen) atoms. The van der Waals surface area contributed by atoms with Crippen molar-refractivity contribution in [1.29, 1.82) is 0 Å². The van der Waals surface area contributed by atoms with Crippen LogP contribution >= 0.6 is 7.82 Å². The normalized spacial score (nSPS) is 8.41. The van der Waals surface area contributed by atoms with Crippen molar-refractivity contribution in [3.63, 3.8) is 0 Å². The molecule has 0 bridgehead atoms. The second-order valence-corrected chi connectivity index (χ2v) is 3.39. The molecule has 0 amide bonds. The van der Waals surface area contributed by atoms with Gasteiger partial charge < -0.3 is 44.1 Å². The first-order chi connectivity index (χ1) is 5.73. The molecule has 0 aromatic rings. The Balaban J connectivity index is -0.0000000247. The topological polar surface area (TPSA) is 225 Å². The Kier molecular flexibility index (Phi) is 39.7. The standard InChI is InChI=1S/CH2O3.3Na.H3O4P.HO4Si/c2-1(3)4;;;;2*1-5(2,3)4/h(H2,2,3,4);;;;(H3,1,2,3,4);1H/q;3*+1;;-3. The Hall–Kier alpha value is 2.44. The predicted octanol–water partition coefficient (Wildman–Crippen LogP) is -14.2. The zero-order valence-electron chi connectivity index (χ0n) is 9.17. The van der Waals surface area contributed by atoms with Crippen LogP contribution in [0.15, 0.2) is 0 Å². The summed E-state index contributed by atoms with van der Waals surface area (Å²) in [5.74, 6) is 0. The molecule has 0 spiro atoms. The molecule has 0 heterocycles. The van der Waals surface area contributed by atoms with Crippen LogP contribution in [0.3, 0.4) is 0 Å². The summed E-state index contributed by atoms with van der Waals surface area (Å²) in [5.41, 5.74) is 0. The molecule has 0 aliphatic carbocycles. The fourth-order valence-electron chi connectivity index (χ4n) is 0. The van der Waals surface area contributed by atoms with Gasteiger partial charge in [0.2, 0.25) is 0 Å². The molecule has 0 aromatic heterocycles. The van der Waals surface area contributed by atoms with Crippen LogP contribution in [0.25, 0.3) is 0 Å². The van der Waals surface area contributed by atoms with Crippen LogP contribution < -0.4 is 103 Å². The third kappa shape index (κ3) is 839. The van der Waals surface area contributed by atoms with E-state index in [4.69, 9.17) is 53.4 Å². The molecule has 0 atom stereocenters. The minimum absolute atomic E-state index is 0. The van der Waals surface area contributed by atoms with Gasteiger partial charge in [-0.15, -0.1) is 9.05 Å². The van der Waals surface area contributed by atoms with E-state index >= 15 is 0 Å². The van der Waals surface area contributed by atoms with Gasteiger partial charge in [0.05, 0.1) is 0 Å². The molecule has 6 N–H and O–H groups in total. The molecule has 0 fully saturated rings. The Bertz CT molecular complexity index is 179. The number of carbonyl (C=O) groups is 1. The number of hydrogen-bond donors (Lipinski definition) is 6. The van der Waals surface area contributed by atoms with Crippen molar-refractivity contribution in [2.45, 2.75) is 0 Å². The van der Waals surface area contributed by atoms with Gasteiger partial charge in [-0.3, -0.25) is 0 Å². The number of carboxylic acid groups (broad SMARTS) is 2. The SMILES string of the molecule is O=C(O)O.O=P(O)(O)O.[Na+].[Na+].[Na+].[O-][Si]([O-])([O-])O. The quantitative estimate of drug-likeness (QED) is 0.181. The fraction of sp³-hybridized carbons (Fsp3) is 0. The first-order valence-electron chi connectivity index (χ1n) is 2.27. The first kappa shape index (κ1) is 36.6. The summed E-state index contributed by atoms with van der Waals surface area (Å²) in [6.45, 7) is 0. The fourth-order valence-corrected chi connectivity index (χ4v) is 0. The van der Waals surface area contributed by atoms with Gasteiger partial charge >= 0.3 is 103 Å². The van der Waals surface area contributed by atoms with Gasteiger partial charge in [0.1, 0.15) is 0 Å². The third-order valence-corrected chi connectivity index (χ3v) is 0. The van der Waals surface area contributed by atoms with E-state index in [2.05, 4.69) is 0 Å².